The molecule has 1 aliphatic carbocycles. The van der Waals surface area contributed by atoms with E-state index in [1.165, 1.54) is 30.4 Å². The first-order valence-corrected chi connectivity index (χ1v) is 9.34. The third kappa shape index (κ3) is 3.59. The Bertz CT molecular complexity index is 723. The minimum Gasteiger partial charge on any atom is -0.339 e. The predicted molar refractivity (Wildman–Crippen MR) is 98.4 cm³/mol. The second kappa shape index (κ2) is 7.36. The first-order chi connectivity index (χ1) is 12.3. The van der Waals surface area contributed by atoms with E-state index in [0.717, 1.165) is 31.5 Å². The maximum absolute atomic E-state index is 12.5. The molecule has 2 heterocycles. The minimum atomic E-state index is 0.129. The molecule has 0 spiro atoms. The largest absolute Gasteiger partial charge is 0.339 e. The molecule has 4 rings (SSSR count). The van der Waals surface area contributed by atoms with Gasteiger partial charge in [0.2, 0.25) is 0 Å². The molecule has 1 N–H and O–H groups in total. The van der Waals surface area contributed by atoms with E-state index in [1.54, 1.807) is 24.5 Å². The number of hydrogen-bond acceptors (Lipinski definition) is 3. The molecule has 1 aromatic heterocycles. The molecule has 1 aliphatic heterocycles. The molecule has 4 heteroatoms. The summed E-state index contributed by atoms with van der Waals surface area (Å²) in [5, 5.41) is 3.87. The number of carbonyl (C=O) groups excluding carboxylic acids is 1. The van der Waals surface area contributed by atoms with Gasteiger partial charge in [0.15, 0.2) is 0 Å². The third-order valence-corrected chi connectivity index (χ3v) is 5.52. The monoisotopic (exact) mass is 335 g/mol. The van der Waals surface area contributed by atoms with Crippen molar-refractivity contribution in [1.29, 1.82) is 0 Å². The molecular formula is C21H25N3O. The zero-order valence-electron chi connectivity index (χ0n) is 14.5. The van der Waals surface area contributed by atoms with E-state index in [1.807, 2.05) is 4.90 Å². The number of aromatic nitrogens is 1. The van der Waals surface area contributed by atoms with Crippen molar-refractivity contribution in [3.8, 4) is 0 Å². The zero-order valence-corrected chi connectivity index (χ0v) is 14.5. The summed E-state index contributed by atoms with van der Waals surface area (Å²) in [6, 6.07) is 13.4. The highest BCUT2D eigenvalue weighted by atomic mass is 16.2. The summed E-state index contributed by atoms with van der Waals surface area (Å²) in [7, 11) is 0. The lowest BCUT2D eigenvalue weighted by atomic mass is 9.87. The standard InChI is InChI=1S/C21H25N3O/c25-21(17-8-12-22-13-9-17)24-14-10-18(11-15-24)23-20-7-3-5-16-4-1-2-6-19(16)20/h1-2,4,6,8-9,12-13,18,20,23H,3,5,7,10-11,14-15H2. The number of nitrogens with zero attached hydrogens (tertiary/aromatic N) is 2. The molecule has 0 saturated carbocycles. The number of piperidine rings is 1. The van der Waals surface area contributed by atoms with Crippen LogP contribution in [0.5, 0.6) is 0 Å². The summed E-state index contributed by atoms with van der Waals surface area (Å²) in [5.74, 6) is 0.129. The second-order valence-corrected chi connectivity index (χ2v) is 7.11. The Kier molecular flexibility index (Phi) is 4.79. The topological polar surface area (TPSA) is 45.2 Å². The van der Waals surface area contributed by atoms with Crippen molar-refractivity contribution in [3.05, 3.63) is 65.5 Å². The van der Waals surface area contributed by atoms with Crippen LogP contribution >= 0.6 is 0 Å². The number of hydrogen-bond donors (Lipinski definition) is 1. The third-order valence-electron chi connectivity index (χ3n) is 5.52. The quantitative estimate of drug-likeness (QED) is 0.935. The summed E-state index contributed by atoms with van der Waals surface area (Å²) in [6.07, 6.45) is 9.09. The van der Waals surface area contributed by atoms with Crippen LogP contribution in [0.15, 0.2) is 48.8 Å². The highest BCUT2D eigenvalue weighted by Crippen LogP contribution is 2.30. The molecule has 0 bridgehead atoms. The van der Waals surface area contributed by atoms with Crippen LogP contribution in [0.25, 0.3) is 0 Å². The van der Waals surface area contributed by atoms with E-state index in [0.29, 0.717) is 12.1 Å². The van der Waals surface area contributed by atoms with Gasteiger partial charge in [-0.3, -0.25) is 9.78 Å². The maximum atomic E-state index is 12.5. The highest BCUT2D eigenvalue weighted by molar-refractivity contribution is 5.94. The van der Waals surface area contributed by atoms with Crippen LogP contribution in [-0.2, 0) is 6.42 Å². The summed E-state index contributed by atoms with van der Waals surface area (Å²) in [6.45, 7) is 1.65. The van der Waals surface area contributed by atoms with Gasteiger partial charge in [0.1, 0.15) is 0 Å². The number of pyridine rings is 1. The van der Waals surface area contributed by atoms with Gasteiger partial charge in [0.05, 0.1) is 0 Å². The Hall–Kier alpha value is -2.20. The fourth-order valence-corrected chi connectivity index (χ4v) is 4.14. The molecule has 1 unspecified atom stereocenters. The van der Waals surface area contributed by atoms with Crippen LogP contribution < -0.4 is 5.32 Å². The van der Waals surface area contributed by atoms with Crippen LogP contribution in [0.2, 0.25) is 0 Å². The number of aryl methyl sites for hydroxylation is 1. The number of carbonyl (C=O) groups is 1. The van der Waals surface area contributed by atoms with E-state index in [4.69, 9.17) is 0 Å². The zero-order chi connectivity index (χ0) is 17.1. The molecule has 1 saturated heterocycles. The Morgan fingerprint density at radius 3 is 2.60 bits per heavy atom. The van der Waals surface area contributed by atoms with E-state index in [9.17, 15) is 4.79 Å². The molecule has 1 aromatic carbocycles. The van der Waals surface area contributed by atoms with Crippen molar-refractivity contribution < 1.29 is 4.79 Å². The summed E-state index contributed by atoms with van der Waals surface area (Å²) in [5.41, 5.74) is 3.71. The Labute approximate surface area is 149 Å². The van der Waals surface area contributed by atoms with Crippen molar-refractivity contribution in [1.82, 2.24) is 15.2 Å². The smallest absolute Gasteiger partial charge is 0.253 e. The van der Waals surface area contributed by atoms with E-state index in [2.05, 4.69) is 34.6 Å². The first kappa shape index (κ1) is 16.3. The average Bonchev–Trinajstić information content (AvgIpc) is 2.69. The van der Waals surface area contributed by atoms with Gasteiger partial charge in [-0.25, -0.2) is 0 Å². The predicted octanol–water partition coefficient (Wildman–Crippen LogP) is 3.35. The van der Waals surface area contributed by atoms with Gasteiger partial charge in [0.25, 0.3) is 5.91 Å². The number of nitrogens with one attached hydrogen (secondary N) is 1. The fourth-order valence-electron chi connectivity index (χ4n) is 4.14. The average molecular weight is 335 g/mol. The van der Waals surface area contributed by atoms with E-state index in [-0.39, 0.29) is 5.91 Å². The minimum absolute atomic E-state index is 0.129. The molecule has 130 valence electrons. The van der Waals surface area contributed by atoms with Crippen molar-refractivity contribution >= 4 is 5.91 Å². The van der Waals surface area contributed by atoms with Crippen LogP contribution in [0.1, 0.15) is 53.2 Å². The lowest BCUT2D eigenvalue weighted by molar-refractivity contribution is 0.0700. The first-order valence-electron chi connectivity index (χ1n) is 9.34. The molecule has 25 heavy (non-hydrogen) atoms. The van der Waals surface area contributed by atoms with E-state index < -0.39 is 0 Å². The van der Waals surface area contributed by atoms with Crippen molar-refractivity contribution in [2.24, 2.45) is 0 Å². The number of rotatable bonds is 3. The summed E-state index contributed by atoms with van der Waals surface area (Å²) in [4.78, 5) is 18.5. The lowest BCUT2D eigenvalue weighted by Crippen LogP contribution is -2.46. The molecule has 2 aromatic rings. The van der Waals surface area contributed by atoms with Gasteiger partial charge in [-0.2, -0.15) is 0 Å². The van der Waals surface area contributed by atoms with Crippen LogP contribution in [0, 0.1) is 0 Å². The number of fused-ring (bicyclic) bond motifs is 1. The number of benzene rings is 1. The van der Waals surface area contributed by atoms with Gasteiger partial charge >= 0.3 is 0 Å². The van der Waals surface area contributed by atoms with Gasteiger partial charge < -0.3 is 10.2 Å². The van der Waals surface area contributed by atoms with E-state index >= 15 is 0 Å². The second-order valence-electron chi connectivity index (χ2n) is 7.11. The van der Waals surface area contributed by atoms with Gasteiger partial charge in [0, 0.05) is 43.1 Å². The van der Waals surface area contributed by atoms with Crippen LogP contribution in [0.3, 0.4) is 0 Å². The highest BCUT2D eigenvalue weighted by Gasteiger charge is 2.27. The summed E-state index contributed by atoms with van der Waals surface area (Å²) < 4.78 is 0. The molecule has 4 nitrogen and oxygen atoms in total. The van der Waals surface area contributed by atoms with Gasteiger partial charge in [-0.1, -0.05) is 24.3 Å². The SMILES string of the molecule is O=C(c1ccncc1)N1CCC(NC2CCCc3ccccc32)CC1. The Balaban J connectivity index is 1.35. The summed E-state index contributed by atoms with van der Waals surface area (Å²) >= 11 is 0. The van der Waals surface area contributed by atoms with Crippen LogP contribution in [-0.4, -0.2) is 34.9 Å². The van der Waals surface area contributed by atoms with Gasteiger partial charge in [-0.05, 0) is 55.4 Å². The normalized spacial score (nSPS) is 21.0. The Morgan fingerprint density at radius 2 is 1.80 bits per heavy atom. The molecule has 0 radical (unpaired) electrons. The number of likely N-dealkylation sites (tertiary alicyclic amines) is 1. The Morgan fingerprint density at radius 1 is 1.04 bits per heavy atom. The fraction of sp³-hybridized carbons (Fsp3) is 0.429. The number of amides is 1. The van der Waals surface area contributed by atoms with Crippen molar-refractivity contribution in [2.45, 2.75) is 44.2 Å². The van der Waals surface area contributed by atoms with Crippen LogP contribution in [0.4, 0.5) is 0 Å². The molecule has 2 aliphatic rings. The molecule has 1 amide bonds. The molecule has 1 fully saturated rings. The maximum Gasteiger partial charge on any atom is 0.253 e. The molecular weight excluding hydrogens is 310 g/mol. The van der Waals surface area contributed by atoms with Gasteiger partial charge in [-0.15, -0.1) is 0 Å². The van der Waals surface area contributed by atoms with Crippen molar-refractivity contribution in [2.75, 3.05) is 13.1 Å². The lowest BCUT2D eigenvalue weighted by Gasteiger charge is -2.36. The molecule has 1 atom stereocenters. The van der Waals surface area contributed by atoms with Crippen molar-refractivity contribution in [3.63, 3.8) is 0 Å².